The highest BCUT2D eigenvalue weighted by Gasteiger charge is 2.39. The number of hydrogen-bond donors (Lipinski definition) is 2. The molecule has 1 aromatic rings. The first kappa shape index (κ1) is 21.7. The van der Waals surface area contributed by atoms with Crippen LogP contribution in [-0.4, -0.2) is 39.8 Å². The Labute approximate surface area is 177 Å². The minimum absolute atomic E-state index is 0. The molecular weight excluding hydrogens is 457 g/mol. The Kier molecular flexibility index (Phi) is 8.87. The zero-order valence-corrected chi connectivity index (χ0v) is 19.0. The summed E-state index contributed by atoms with van der Waals surface area (Å²) in [6.07, 6.45) is 5.57. The van der Waals surface area contributed by atoms with E-state index >= 15 is 0 Å². The molecule has 6 heteroatoms. The van der Waals surface area contributed by atoms with Gasteiger partial charge in [-0.2, -0.15) is 0 Å². The summed E-state index contributed by atoms with van der Waals surface area (Å²) < 4.78 is 12.1. The number of rotatable bonds is 6. The van der Waals surface area contributed by atoms with Gasteiger partial charge in [0.1, 0.15) is 0 Å². The summed E-state index contributed by atoms with van der Waals surface area (Å²) in [5.41, 5.74) is 1.41. The third kappa shape index (κ3) is 5.94. The summed E-state index contributed by atoms with van der Waals surface area (Å²) >= 11 is 0. The molecule has 2 N–H and O–H groups in total. The van der Waals surface area contributed by atoms with Gasteiger partial charge in [0.15, 0.2) is 5.96 Å². The van der Waals surface area contributed by atoms with Crippen LogP contribution >= 0.6 is 24.0 Å². The first-order chi connectivity index (χ1) is 12.2. The standard InChI is InChI=1S/C20H31N3OS.HI/c1-3-21-20(22-16-11-8-12-17(13-16)25(24)4-2)23-19-14-18(19)15-9-6-5-7-10-15;/h5-7,9-10,16-19H,3-4,8,11-14H2,1-2H3,(H2,21,22,23);1H. The van der Waals surface area contributed by atoms with Crippen molar-refractivity contribution in [3.05, 3.63) is 35.9 Å². The van der Waals surface area contributed by atoms with E-state index < -0.39 is 10.8 Å². The van der Waals surface area contributed by atoms with Crippen molar-refractivity contribution >= 4 is 40.7 Å². The summed E-state index contributed by atoms with van der Waals surface area (Å²) in [6, 6.07) is 11.6. The van der Waals surface area contributed by atoms with Crippen molar-refractivity contribution < 1.29 is 4.21 Å². The summed E-state index contributed by atoms with van der Waals surface area (Å²) in [6.45, 7) is 4.87. The van der Waals surface area contributed by atoms with Crippen molar-refractivity contribution in [2.45, 2.75) is 69.2 Å². The van der Waals surface area contributed by atoms with Crippen molar-refractivity contribution in [2.75, 3.05) is 12.3 Å². The maximum Gasteiger partial charge on any atom is 0.191 e. The Bertz CT molecular complexity index is 610. The number of nitrogens with zero attached hydrogens (tertiary/aromatic N) is 1. The lowest BCUT2D eigenvalue weighted by Crippen LogP contribution is -2.47. The van der Waals surface area contributed by atoms with E-state index in [0.717, 1.165) is 43.9 Å². The highest BCUT2D eigenvalue weighted by Crippen LogP contribution is 2.40. The third-order valence-corrected chi connectivity index (χ3v) is 7.02. The molecule has 0 bridgehead atoms. The fourth-order valence-electron chi connectivity index (χ4n) is 3.83. The monoisotopic (exact) mass is 489 g/mol. The van der Waals surface area contributed by atoms with Crippen molar-refractivity contribution in [3.8, 4) is 0 Å². The molecule has 0 heterocycles. The molecule has 3 rings (SSSR count). The molecule has 2 aliphatic carbocycles. The van der Waals surface area contributed by atoms with Gasteiger partial charge >= 0.3 is 0 Å². The fourth-order valence-corrected chi connectivity index (χ4v) is 5.18. The minimum atomic E-state index is -0.682. The molecule has 0 aliphatic heterocycles. The van der Waals surface area contributed by atoms with Gasteiger partial charge in [-0.1, -0.05) is 43.7 Å². The molecule has 4 nitrogen and oxygen atoms in total. The van der Waals surface area contributed by atoms with E-state index in [1.54, 1.807) is 0 Å². The largest absolute Gasteiger partial charge is 0.354 e. The molecule has 2 fully saturated rings. The number of halogens is 1. The zero-order chi connectivity index (χ0) is 17.6. The van der Waals surface area contributed by atoms with Crippen LogP contribution in [0, 0.1) is 0 Å². The van der Waals surface area contributed by atoms with Crippen LogP contribution in [0.15, 0.2) is 35.3 Å². The topological polar surface area (TPSA) is 53.5 Å². The smallest absolute Gasteiger partial charge is 0.191 e. The lowest BCUT2D eigenvalue weighted by molar-refractivity contribution is 0.413. The highest BCUT2D eigenvalue weighted by molar-refractivity contribution is 14.0. The Balaban J connectivity index is 0.00000243. The van der Waals surface area contributed by atoms with Gasteiger partial charge in [0.2, 0.25) is 0 Å². The lowest BCUT2D eigenvalue weighted by Gasteiger charge is -2.30. The van der Waals surface area contributed by atoms with E-state index in [2.05, 4.69) is 52.9 Å². The number of hydrogen-bond acceptors (Lipinski definition) is 2. The first-order valence-corrected chi connectivity index (χ1v) is 11.1. The van der Waals surface area contributed by atoms with Crippen molar-refractivity contribution in [2.24, 2.45) is 4.99 Å². The summed E-state index contributed by atoms with van der Waals surface area (Å²) in [5.74, 6) is 2.29. The molecule has 146 valence electrons. The summed E-state index contributed by atoms with van der Waals surface area (Å²) in [5, 5.41) is 7.57. The minimum Gasteiger partial charge on any atom is -0.354 e. The predicted octanol–water partition coefficient (Wildman–Crippen LogP) is 3.80. The normalized spacial score (nSPS) is 29.4. The zero-order valence-electron chi connectivity index (χ0n) is 15.8. The van der Waals surface area contributed by atoms with Crippen LogP contribution in [0.3, 0.4) is 0 Å². The molecular formula is C20H32IN3OS. The molecule has 2 saturated carbocycles. The van der Waals surface area contributed by atoms with E-state index in [4.69, 9.17) is 0 Å². The molecule has 0 aromatic heterocycles. The number of guanidine groups is 1. The van der Waals surface area contributed by atoms with Crippen LogP contribution in [0.5, 0.6) is 0 Å². The molecule has 2 aliphatic rings. The van der Waals surface area contributed by atoms with E-state index in [0.29, 0.717) is 23.3 Å². The Morgan fingerprint density at radius 3 is 2.62 bits per heavy atom. The second-order valence-electron chi connectivity index (χ2n) is 7.13. The van der Waals surface area contributed by atoms with Gasteiger partial charge in [0, 0.05) is 46.3 Å². The van der Waals surface area contributed by atoms with Crippen LogP contribution < -0.4 is 10.6 Å². The predicted molar refractivity (Wildman–Crippen MR) is 122 cm³/mol. The number of nitrogens with one attached hydrogen (secondary N) is 2. The number of aliphatic imine (C=N–C) groups is 1. The van der Waals surface area contributed by atoms with Crippen LogP contribution in [-0.2, 0) is 10.8 Å². The van der Waals surface area contributed by atoms with Gasteiger partial charge in [-0.05, 0) is 38.2 Å². The molecule has 5 unspecified atom stereocenters. The number of benzene rings is 1. The Morgan fingerprint density at radius 1 is 1.15 bits per heavy atom. The van der Waals surface area contributed by atoms with E-state index in [9.17, 15) is 4.21 Å². The van der Waals surface area contributed by atoms with E-state index in [1.165, 1.54) is 12.0 Å². The van der Waals surface area contributed by atoms with E-state index in [-0.39, 0.29) is 24.0 Å². The maximum atomic E-state index is 12.1. The van der Waals surface area contributed by atoms with Gasteiger partial charge in [0.25, 0.3) is 0 Å². The average molecular weight is 489 g/mol. The molecule has 1 aromatic carbocycles. The van der Waals surface area contributed by atoms with Gasteiger partial charge < -0.3 is 10.6 Å². The molecule has 26 heavy (non-hydrogen) atoms. The molecule has 0 amide bonds. The van der Waals surface area contributed by atoms with Gasteiger partial charge in [0.05, 0.1) is 0 Å². The van der Waals surface area contributed by atoms with Crippen LogP contribution in [0.2, 0.25) is 0 Å². The molecule has 0 radical (unpaired) electrons. The molecule has 0 spiro atoms. The second kappa shape index (κ2) is 10.6. The SMILES string of the molecule is CCN=C(NC1CCCC(S(=O)CC)C1)NC1CC1c1ccccc1.I. The van der Waals surface area contributed by atoms with Gasteiger partial charge in [-0.3, -0.25) is 9.20 Å². The van der Waals surface area contributed by atoms with Crippen LogP contribution in [0.25, 0.3) is 0 Å². The van der Waals surface area contributed by atoms with Crippen molar-refractivity contribution in [3.63, 3.8) is 0 Å². The Morgan fingerprint density at radius 2 is 1.92 bits per heavy atom. The fraction of sp³-hybridized carbons (Fsp3) is 0.650. The lowest BCUT2D eigenvalue weighted by atomic mass is 9.95. The highest BCUT2D eigenvalue weighted by atomic mass is 127. The van der Waals surface area contributed by atoms with Crippen molar-refractivity contribution in [1.29, 1.82) is 0 Å². The molecule has 5 atom stereocenters. The summed E-state index contributed by atoms with van der Waals surface area (Å²) in [4.78, 5) is 4.64. The second-order valence-corrected chi connectivity index (χ2v) is 9.13. The van der Waals surface area contributed by atoms with Gasteiger partial charge in [-0.25, -0.2) is 0 Å². The average Bonchev–Trinajstić information content (AvgIpc) is 3.41. The quantitative estimate of drug-likeness (QED) is 0.363. The summed E-state index contributed by atoms with van der Waals surface area (Å²) in [7, 11) is -0.682. The van der Waals surface area contributed by atoms with Gasteiger partial charge in [-0.15, -0.1) is 24.0 Å². The maximum absolute atomic E-state index is 12.1. The Hall–Kier alpha value is -0.630. The van der Waals surface area contributed by atoms with E-state index in [1.807, 2.05) is 6.92 Å². The van der Waals surface area contributed by atoms with Crippen molar-refractivity contribution in [1.82, 2.24) is 10.6 Å². The first-order valence-electron chi connectivity index (χ1n) is 9.70. The van der Waals surface area contributed by atoms with Crippen LogP contribution in [0.1, 0.15) is 57.4 Å². The molecule has 0 saturated heterocycles. The van der Waals surface area contributed by atoms with Crippen LogP contribution in [0.4, 0.5) is 0 Å². The third-order valence-electron chi connectivity index (χ3n) is 5.28.